The molecule has 0 aliphatic heterocycles. The highest BCUT2D eigenvalue weighted by atomic mass is 32.2. The van der Waals surface area contributed by atoms with Crippen LogP contribution >= 0.6 is 11.9 Å². The summed E-state index contributed by atoms with van der Waals surface area (Å²) in [5.41, 5.74) is 5.80. The molecule has 5 nitrogen and oxygen atoms in total. The molecular formula is C26H24F2N4OS. The first kappa shape index (κ1) is 22.4. The number of hydrogen-bond donors (Lipinski definition) is 2. The minimum atomic E-state index is -0.630. The van der Waals surface area contributed by atoms with E-state index in [4.69, 9.17) is 0 Å². The van der Waals surface area contributed by atoms with Crippen LogP contribution in [0.25, 0.3) is 22.2 Å². The van der Waals surface area contributed by atoms with E-state index in [2.05, 4.69) is 21.1 Å². The molecule has 0 unspecified atom stereocenters. The van der Waals surface area contributed by atoms with Gasteiger partial charge < -0.3 is 19.4 Å². The van der Waals surface area contributed by atoms with Gasteiger partial charge in [-0.05, 0) is 72.3 Å². The summed E-state index contributed by atoms with van der Waals surface area (Å²) in [6.45, 7) is 0. The quantitative estimate of drug-likeness (QED) is 0.241. The van der Waals surface area contributed by atoms with Gasteiger partial charge in [-0.15, -0.1) is 0 Å². The fourth-order valence-electron chi connectivity index (χ4n) is 4.56. The minimum absolute atomic E-state index is 0.284. The van der Waals surface area contributed by atoms with Gasteiger partial charge in [-0.3, -0.25) is 0 Å². The minimum Gasteiger partial charge on any atom is -0.387 e. The zero-order valence-corrected chi connectivity index (χ0v) is 19.7. The molecule has 1 heterocycles. The van der Waals surface area contributed by atoms with E-state index in [0.29, 0.717) is 0 Å². The topological polar surface area (TPSA) is 59.0 Å². The molecule has 0 spiro atoms. The SMILES string of the molecule is CNc1c(-c2ccc3ncn(C)c3c2)cc(NSc2ccc(F)cc2F)cc1C1(C=O)CCC1. The molecule has 0 bridgehead atoms. The fraction of sp³-hybridized carbons (Fsp3) is 0.231. The lowest BCUT2D eigenvalue weighted by Gasteiger charge is -2.39. The van der Waals surface area contributed by atoms with Crippen LogP contribution in [0.3, 0.4) is 0 Å². The highest BCUT2D eigenvalue weighted by Crippen LogP contribution is 2.49. The number of halogens is 2. The predicted molar refractivity (Wildman–Crippen MR) is 133 cm³/mol. The Hall–Kier alpha value is -3.39. The molecule has 1 saturated carbocycles. The number of carbonyl (C=O) groups is 1. The number of aldehydes is 1. The number of aromatic nitrogens is 2. The van der Waals surface area contributed by atoms with Crippen LogP contribution in [0.4, 0.5) is 20.2 Å². The second-order valence-electron chi connectivity index (χ2n) is 8.66. The van der Waals surface area contributed by atoms with Gasteiger partial charge in [-0.2, -0.15) is 0 Å². The molecule has 2 N–H and O–H groups in total. The van der Waals surface area contributed by atoms with Gasteiger partial charge in [0, 0.05) is 37.1 Å². The zero-order chi connectivity index (χ0) is 23.9. The van der Waals surface area contributed by atoms with Crippen molar-refractivity contribution in [1.29, 1.82) is 0 Å². The van der Waals surface area contributed by atoms with E-state index in [1.165, 1.54) is 12.1 Å². The van der Waals surface area contributed by atoms with Gasteiger partial charge in [-0.25, -0.2) is 13.8 Å². The molecule has 0 saturated heterocycles. The number of imidazole rings is 1. The van der Waals surface area contributed by atoms with Gasteiger partial charge in [0.1, 0.15) is 17.9 Å². The number of fused-ring (bicyclic) bond motifs is 1. The summed E-state index contributed by atoms with van der Waals surface area (Å²) >= 11 is 1.07. The number of nitrogens with zero attached hydrogens (tertiary/aromatic N) is 2. The summed E-state index contributed by atoms with van der Waals surface area (Å²) in [7, 11) is 3.81. The maximum atomic E-state index is 14.2. The van der Waals surface area contributed by atoms with Crippen LogP contribution in [0.1, 0.15) is 24.8 Å². The van der Waals surface area contributed by atoms with E-state index in [9.17, 15) is 13.6 Å². The van der Waals surface area contributed by atoms with Gasteiger partial charge in [0.15, 0.2) is 0 Å². The van der Waals surface area contributed by atoms with E-state index < -0.39 is 17.0 Å². The van der Waals surface area contributed by atoms with Crippen molar-refractivity contribution in [1.82, 2.24) is 9.55 Å². The third-order valence-corrected chi connectivity index (χ3v) is 7.49. The van der Waals surface area contributed by atoms with Crippen LogP contribution in [0.15, 0.2) is 59.8 Å². The van der Waals surface area contributed by atoms with Crippen LogP contribution < -0.4 is 10.0 Å². The number of nitrogens with one attached hydrogen (secondary N) is 2. The molecule has 8 heteroatoms. The molecule has 1 aromatic heterocycles. The highest BCUT2D eigenvalue weighted by Gasteiger charge is 2.41. The molecule has 174 valence electrons. The molecule has 0 atom stereocenters. The zero-order valence-electron chi connectivity index (χ0n) is 18.9. The first-order chi connectivity index (χ1) is 16.4. The Balaban J connectivity index is 1.62. The second kappa shape index (κ2) is 8.76. The normalized spacial score (nSPS) is 14.6. The van der Waals surface area contributed by atoms with Crippen molar-refractivity contribution in [3.05, 3.63) is 72.1 Å². The molecule has 0 radical (unpaired) electrons. The van der Waals surface area contributed by atoms with Gasteiger partial charge in [0.2, 0.25) is 0 Å². The first-order valence-corrected chi connectivity index (χ1v) is 11.9. The molecule has 5 rings (SSSR count). The maximum absolute atomic E-state index is 14.2. The average molecular weight is 479 g/mol. The first-order valence-electron chi connectivity index (χ1n) is 11.1. The van der Waals surface area contributed by atoms with Crippen molar-refractivity contribution in [2.75, 3.05) is 17.1 Å². The van der Waals surface area contributed by atoms with Crippen LogP contribution in [0, 0.1) is 11.6 Å². The fourth-order valence-corrected chi connectivity index (χ4v) is 5.20. The number of carbonyl (C=O) groups excluding carboxylic acids is 1. The molecule has 1 aliphatic rings. The molecular weight excluding hydrogens is 454 g/mol. The number of anilines is 2. The molecule has 34 heavy (non-hydrogen) atoms. The molecule has 3 aromatic carbocycles. The molecule has 1 fully saturated rings. The van der Waals surface area contributed by atoms with Crippen molar-refractivity contribution in [2.24, 2.45) is 7.05 Å². The van der Waals surface area contributed by atoms with Crippen molar-refractivity contribution in [3.63, 3.8) is 0 Å². The lowest BCUT2D eigenvalue weighted by molar-refractivity contribution is -0.115. The number of hydrogen-bond acceptors (Lipinski definition) is 5. The van der Waals surface area contributed by atoms with Gasteiger partial charge >= 0.3 is 0 Å². The third kappa shape index (κ3) is 3.81. The summed E-state index contributed by atoms with van der Waals surface area (Å²) in [5, 5.41) is 3.33. The average Bonchev–Trinajstić information content (AvgIpc) is 3.18. The van der Waals surface area contributed by atoms with Crippen molar-refractivity contribution < 1.29 is 13.6 Å². The van der Waals surface area contributed by atoms with E-state index in [1.807, 2.05) is 42.9 Å². The van der Waals surface area contributed by atoms with E-state index in [-0.39, 0.29) is 4.90 Å². The standard InChI is InChI=1S/C26H24F2N4OS/c1-29-25-19(16-4-6-22-23(10-16)32(2)15-30-22)12-18(13-20(25)26(14-33)8-3-9-26)31-34-24-7-5-17(27)11-21(24)28/h4-7,10-15,29,31H,3,8-9H2,1-2H3. The van der Waals surface area contributed by atoms with E-state index in [0.717, 1.165) is 82.7 Å². The van der Waals surface area contributed by atoms with Gasteiger partial charge in [0.25, 0.3) is 0 Å². The largest absolute Gasteiger partial charge is 0.387 e. The molecule has 0 amide bonds. The Morgan fingerprint density at radius 3 is 2.62 bits per heavy atom. The second-order valence-corrected chi connectivity index (χ2v) is 9.51. The molecule has 1 aliphatic carbocycles. The Kier molecular flexibility index (Phi) is 5.77. The summed E-state index contributed by atoms with van der Waals surface area (Å²) < 4.78 is 32.7. The number of benzene rings is 3. The van der Waals surface area contributed by atoms with Crippen LogP contribution in [0.5, 0.6) is 0 Å². The maximum Gasteiger partial charge on any atom is 0.141 e. The van der Waals surface area contributed by atoms with E-state index in [1.54, 1.807) is 6.33 Å². The predicted octanol–water partition coefficient (Wildman–Crippen LogP) is 6.30. The Bertz CT molecular complexity index is 1400. The Morgan fingerprint density at radius 1 is 1.12 bits per heavy atom. The monoisotopic (exact) mass is 478 g/mol. The molecule has 4 aromatic rings. The van der Waals surface area contributed by atoms with Crippen LogP contribution in [0.2, 0.25) is 0 Å². The lowest BCUT2D eigenvalue weighted by atomic mass is 9.64. The summed E-state index contributed by atoms with van der Waals surface area (Å²) in [4.78, 5) is 16.9. The number of rotatable bonds is 7. The summed E-state index contributed by atoms with van der Waals surface area (Å²) in [6, 6.07) is 13.5. The third-order valence-electron chi connectivity index (χ3n) is 6.61. The van der Waals surface area contributed by atoms with Crippen LogP contribution in [-0.4, -0.2) is 22.9 Å². The Labute approximate surface area is 200 Å². The summed E-state index contributed by atoms with van der Waals surface area (Å²) in [6.07, 6.45) is 5.40. The Morgan fingerprint density at radius 2 is 1.94 bits per heavy atom. The van der Waals surface area contributed by atoms with Crippen LogP contribution in [-0.2, 0) is 17.3 Å². The van der Waals surface area contributed by atoms with Crippen molar-refractivity contribution >= 4 is 40.6 Å². The van der Waals surface area contributed by atoms with E-state index >= 15 is 0 Å². The highest BCUT2D eigenvalue weighted by molar-refractivity contribution is 8.00. The van der Waals surface area contributed by atoms with Gasteiger partial charge in [0.05, 0.1) is 27.7 Å². The number of aryl methyl sites for hydroxylation is 1. The van der Waals surface area contributed by atoms with Gasteiger partial charge in [-0.1, -0.05) is 12.5 Å². The van der Waals surface area contributed by atoms with Crippen molar-refractivity contribution in [3.8, 4) is 11.1 Å². The summed E-state index contributed by atoms with van der Waals surface area (Å²) in [5.74, 6) is -1.25. The van der Waals surface area contributed by atoms with Crippen molar-refractivity contribution in [2.45, 2.75) is 29.6 Å². The lowest BCUT2D eigenvalue weighted by Crippen LogP contribution is -2.36. The smallest absolute Gasteiger partial charge is 0.141 e.